The van der Waals surface area contributed by atoms with E-state index in [1.165, 1.54) is 6.07 Å². The van der Waals surface area contributed by atoms with Crippen LogP contribution in [0.2, 0.25) is 0 Å². The lowest BCUT2D eigenvalue weighted by Gasteiger charge is -2.33. The van der Waals surface area contributed by atoms with Gasteiger partial charge in [0.2, 0.25) is 0 Å². The molecule has 1 aromatic rings. The van der Waals surface area contributed by atoms with Crippen LogP contribution in [-0.4, -0.2) is 34.7 Å². The van der Waals surface area contributed by atoms with Crippen molar-refractivity contribution in [1.82, 2.24) is 9.88 Å². The Bertz CT molecular complexity index is 604. The molecule has 2 rings (SSSR count). The number of halogens is 3. The molecule has 0 aliphatic carbocycles. The zero-order chi connectivity index (χ0) is 18.1. The van der Waals surface area contributed by atoms with Crippen molar-refractivity contribution in [2.45, 2.75) is 51.3 Å². The van der Waals surface area contributed by atoms with Crippen LogP contribution in [0, 0.1) is 0 Å². The third kappa shape index (κ3) is 4.52. The largest absolute Gasteiger partial charge is 0.444 e. The second kappa shape index (κ2) is 6.49. The maximum absolute atomic E-state index is 12.8. The summed E-state index contributed by atoms with van der Waals surface area (Å²) < 4.78 is 43.8. The monoisotopic (exact) mass is 345 g/mol. The number of likely N-dealkylation sites (tertiary alicyclic amines) is 1. The number of rotatable bonds is 1. The second-order valence-corrected chi connectivity index (χ2v) is 6.91. The number of carbonyl (C=O) groups is 1. The summed E-state index contributed by atoms with van der Waals surface area (Å²) in [6.07, 6.45) is -3.92. The first-order valence-electron chi connectivity index (χ1n) is 7.79. The number of pyridine rings is 1. The van der Waals surface area contributed by atoms with Crippen molar-refractivity contribution < 1.29 is 22.7 Å². The molecule has 0 bridgehead atoms. The normalized spacial score (nSPS) is 17.0. The smallest absolute Gasteiger partial charge is 0.433 e. The molecule has 0 atom stereocenters. The molecular formula is C16H22F3N3O2. The van der Waals surface area contributed by atoms with Crippen LogP contribution in [0.25, 0.3) is 0 Å². The highest BCUT2D eigenvalue weighted by molar-refractivity contribution is 5.68. The molecular weight excluding hydrogens is 323 g/mol. The van der Waals surface area contributed by atoms with Gasteiger partial charge in [0.15, 0.2) is 0 Å². The fraction of sp³-hybridized carbons (Fsp3) is 0.625. The van der Waals surface area contributed by atoms with E-state index >= 15 is 0 Å². The molecule has 0 saturated carbocycles. The first kappa shape index (κ1) is 18.4. The number of piperidine rings is 1. The summed E-state index contributed by atoms with van der Waals surface area (Å²) in [6, 6.07) is 2.13. The maximum atomic E-state index is 12.8. The van der Waals surface area contributed by atoms with Gasteiger partial charge in [-0.3, -0.25) is 0 Å². The Labute approximate surface area is 139 Å². The van der Waals surface area contributed by atoms with Crippen LogP contribution in [0.4, 0.5) is 23.7 Å². The summed E-state index contributed by atoms with van der Waals surface area (Å²) in [5.41, 5.74) is 4.79. The van der Waals surface area contributed by atoms with Crippen molar-refractivity contribution in [2.75, 3.05) is 18.8 Å². The van der Waals surface area contributed by atoms with Gasteiger partial charge < -0.3 is 15.4 Å². The summed E-state index contributed by atoms with van der Waals surface area (Å²) in [7, 11) is 0. The van der Waals surface area contributed by atoms with E-state index < -0.39 is 23.6 Å². The highest BCUT2D eigenvalue weighted by Gasteiger charge is 2.35. The van der Waals surface area contributed by atoms with Gasteiger partial charge in [0, 0.05) is 19.0 Å². The number of nitrogens with two attached hydrogens (primary N) is 1. The number of anilines is 1. The standard InChI is InChI=1S/C16H22F3N3O2/c1-15(2,3)24-14(23)22-8-6-10(7-9-22)13-11(20)4-5-12(21-13)16(17,18)19/h4-5,10H,6-9,20H2,1-3H3. The number of carbonyl (C=O) groups excluding carboxylic acids is 1. The minimum atomic E-state index is -4.50. The van der Waals surface area contributed by atoms with Gasteiger partial charge in [0.05, 0.1) is 11.4 Å². The highest BCUT2D eigenvalue weighted by atomic mass is 19.4. The van der Waals surface area contributed by atoms with Crippen molar-refractivity contribution in [3.8, 4) is 0 Å². The number of nitrogens with zero attached hydrogens (tertiary/aromatic N) is 2. The summed E-state index contributed by atoms with van der Waals surface area (Å²) in [6.45, 7) is 6.15. The second-order valence-electron chi connectivity index (χ2n) is 6.91. The third-order valence-electron chi connectivity index (χ3n) is 3.78. The molecule has 0 radical (unpaired) electrons. The molecule has 2 heterocycles. The third-order valence-corrected chi connectivity index (χ3v) is 3.78. The van der Waals surface area contributed by atoms with Crippen LogP contribution in [0.1, 0.15) is 50.9 Å². The number of ether oxygens (including phenoxy) is 1. The Kier molecular flexibility index (Phi) is 4.96. The van der Waals surface area contributed by atoms with Gasteiger partial charge in [-0.05, 0) is 45.7 Å². The molecule has 1 aromatic heterocycles. The minimum absolute atomic E-state index is 0.203. The van der Waals surface area contributed by atoms with E-state index in [9.17, 15) is 18.0 Å². The van der Waals surface area contributed by atoms with Crippen molar-refractivity contribution in [2.24, 2.45) is 0 Å². The lowest BCUT2D eigenvalue weighted by molar-refractivity contribution is -0.141. The highest BCUT2D eigenvalue weighted by Crippen LogP contribution is 2.34. The van der Waals surface area contributed by atoms with Crippen molar-refractivity contribution >= 4 is 11.8 Å². The molecule has 1 fully saturated rings. The van der Waals surface area contributed by atoms with Crippen LogP contribution in [0.5, 0.6) is 0 Å². The summed E-state index contributed by atoms with van der Waals surface area (Å²) >= 11 is 0. The number of amides is 1. The molecule has 1 saturated heterocycles. The van der Waals surface area contributed by atoms with E-state index in [2.05, 4.69) is 4.98 Å². The molecule has 134 valence electrons. The predicted octanol–water partition coefficient (Wildman–Crippen LogP) is 3.80. The Hall–Kier alpha value is -1.99. The van der Waals surface area contributed by atoms with Gasteiger partial charge in [0.1, 0.15) is 11.3 Å². The Morgan fingerprint density at radius 1 is 1.25 bits per heavy atom. The molecule has 8 heteroatoms. The Balaban J connectivity index is 2.06. The van der Waals surface area contributed by atoms with Gasteiger partial charge in [-0.2, -0.15) is 13.2 Å². The maximum Gasteiger partial charge on any atom is 0.433 e. The average molecular weight is 345 g/mol. The molecule has 2 N–H and O–H groups in total. The zero-order valence-electron chi connectivity index (χ0n) is 14.0. The van der Waals surface area contributed by atoms with Crippen molar-refractivity contribution in [1.29, 1.82) is 0 Å². The van der Waals surface area contributed by atoms with Gasteiger partial charge in [-0.25, -0.2) is 9.78 Å². The lowest BCUT2D eigenvalue weighted by atomic mass is 9.92. The van der Waals surface area contributed by atoms with Gasteiger partial charge in [-0.15, -0.1) is 0 Å². The molecule has 1 aliphatic rings. The van der Waals surface area contributed by atoms with Crippen LogP contribution < -0.4 is 5.73 Å². The first-order chi connectivity index (χ1) is 11.0. The topological polar surface area (TPSA) is 68.5 Å². The van der Waals surface area contributed by atoms with Crippen molar-refractivity contribution in [3.63, 3.8) is 0 Å². The van der Waals surface area contributed by atoms with E-state index in [1.54, 1.807) is 25.7 Å². The predicted molar refractivity (Wildman–Crippen MR) is 83.4 cm³/mol. The molecule has 1 aliphatic heterocycles. The number of alkyl halides is 3. The Morgan fingerprint density at radius 2 is 1.83 bits per heavy atom. The first-order valence-corrected chi connectivity index (χ1v) is 7.79. The van der Waals surface area contributed by atoms with Crippen LogP contribution in [-0.2, 0) is 10.9 Å². The fourth-order valence-electron chi connectivity index (χ4n) is 2.63. The van der Waals surface area contributed by atoms with Crippen LogP contribution in [0.15, 0.2) is 12.1 Å². The molecule has 0 spiro atoms. The van der Waals surface area contributed by atoms with E-state index in [-0.39, 0.29) is 17.3 Å². The van der Waals surface area contributed by atoms with E-state index in [1.807, 2.05) is 0 Å². The number of hydrogen-bond acceptors (Lipinski definition) is 4. The van der Waals surface area contributed by atoms with E-state index in [4.69, 9.17) is 10.5 Å². The van der Waals surface area contributed by atoms with Crippen molar-refractivity contribution in [3.05, 3.63) is 23.5 Å². The quantitative estimate of drug-likeness (QED) is 0.841. The van der Waals surface area contributed by atoms with Crippen LogP contribution >= 0.6 is 0 Å². The van der Waals surface area contributed by atoms with Gasteiger partial charge in [-0.1, -0.05) is 0 Å². The molecule has 24 heavy (non-hydrogen) atoms. The molecule has 1 amide bonds. The van der Waals surface area contributed by atoms with Gasteiger partial charge >= 0.3 is 12.3 Å². The fourth-order valence-corrected chi connectivity index (χ4v) is 2.63. The molecule has 5 nitrogen and oxygen atoms in total. The molecule has 0 unspecified atom stereocenters. The van der Waals surface area contributed by atoms with E-state index in [0.717, 1.165) is 6.07 Å². The minimum Gasteiger partial charge on any atom is -0.444 e. The SMILES string of the molecule is CC(C)(C)OC(=O)N1CCC(c2nc(C(F)(F)F)ccc2N)CC1. The number of nitrogen functional groups attached to an aromatic ring is 1. The number of aromatic nitrogens is 1. The summed E-state index contributed by atoms with van der Waals surface area (Å²) in [5, 5.41) is 0. The van der Waals surface area contributed by atoms with Gasteiger partial charge in [0.25, 0.3) is 0 Å². The summed E-state index contributed by atoms with van der Waals surface area (Å²) in [5.74, 6) is -0.203. The Morgan fingerprint density at radius 3 is 2.33 bits per heavy atom. The number of hydrogen-bond donors (Lipinski definition) is 1. The molecule has 0 aromatic carbocycles. The lowest BCUT2D eigenvalue weighted by Crippen LogP contribution is -2.41. The summed E-state index contributed by atoms with van der Waals surface area (Å²) in [4.78, 5) is 17.3. The average Bonchev–Trinajstić information content (AvgIpc) is 2.45. The van der Waals surface area contributed by atoms with Crippen LogP contribution in [0.3, 0.4) is 0 Å². The zero-order valence-corrected chi connectivity index (χ0v) is 14.0. The van der Waals surface area contributed by atoms with E-state index in [0.29, 0.717) is 25.9 Å².